The van der Waals surface area contributed by atoms with Gasteiger partial charge in [0, 0.05) is 5.56 Å². The SMILES string of the molecule is CCOC(=O)COc1c(Br)cc(-c2n[nH]nc2C(N)=O)cc1OCC. The first-order valence-corrected chi connectivity index (χ1v) is 8.22. The number of hydrogen-bond donors (Lipinski definition) is 2. The molecule has 2 aromatic rings. The number of amides is 1. The highest BCUT2D eigenvalue weighted by Gasteiger charge is 2.20. The summed E-state index contributed by atoms with van der Waals surface area (Å²) in [6, 6.07) is 3.28. The van der Waals surface area contributed by atoms with Crippen molar-refractivity contribution in [2.45, 2.75) is 13.8 Å². The summed E-state index contributed by atoms with van der Waals surface area (Å²) in [7, 11) is 0. The highest BCUT2D eigenvalue weighted by Crippen LogP contribution is 2.40. The molecule has 1 aromatic heterocycles. The maximum Gasteiger partial charge on any atom is 0.344 e. The number of benzene rings is 1. The predicted molar refractivity (Wildman–Crippen MR) is 91.3 cm³/mol. The van der Waals surface area contributed by atoms with Crippen LogP contribution < -0.4 is 15.2 Å². The Kier molecular flexibility index (Phi) is 6.34. The van der Waals surface area contributed by atoms with Gasteiger partial charge in [0.2, 0.25) is 0 Å². The molecule has 0 unspecified atom stereocenters. The van der Waals surface area contributed by atoms with Crippen LogP contribution >= 0.6 is 15.9 Å². The Hall–Kier alpha value is -2.62. The van der Waals surface area contributed by atoms with Gasteiger partial charge < -0.3 is 19.9 Å². The second-order valence-electron chi connectivity index (χ2n) is 4.70. The molecule has 0 saturated carbocycles. The summed E-state index contributed by atoms with van der Waals surface area (Å²) in [6.45, 7) is 3.89. The third kappa shape index (κ3) is 4.47. The van der Waals surface area contributed by atoms with Gasteiger partial charge in [0.05, 0.1) is 17.7 Å². The molecule has 1 heterocycles. The smallest absolute Gasteiger partial charge is 0.344 e. The number of aromatic amines is 1. The quantitative estimate of drug-likeness (QED) is 0.630. The minimum atomic E-state index is -0.708. The van der Waals surface area contributed by atoms with Gasteiger partial charge in [0.25, 0.3) is 5.91 Å². The number of ether oxygens (including phenoxy) is 3. The van der Waals surface area contributed by atoms with E-state index in [-0.39, 0.29) is 24.6 Å². The van der Waals surface area contributed by atoms with E-state index in [1.54, 1.807) is 26.0 Å². The average Bonchev–Trinajstić information content (AvgIpc) is 3.04. The normalized spacial score (nSPS) is 10.4. The topological polar surface area (TPSA) is 129 Å². The van der Waals surface area contributed by atoms with Crippen LogP contribution in [-0.4, -0.2) is 47.1 Å². The number of carbonyl (C=O) groups excluding carboxylic acids is 2. The summed E-state index contributed by atoms with van der Waals surface area (Å²) in [5, 5.41) is 10.1. The van der Waals surface area contributed by atoms with Gasteiger partial charge in [-0.15, -0.1) is 0 Å². The molecule has 0 aliphatic rings. The first kappa shape index (κ1) is 18.7. The summed E-state index contributed by atoms with van der Waals surface area (Å²) >= 11 is 3.37. The minimum Gasteiger partial charge on any atom is -0.490 e. The molecule has 0 atom stereocenters. The molecule has 2 rings (SSSR count). The fraction of sp³-hybridized carbons (Fsp3) is 0.333. The van der Waals surface area contributed by atoms with Gasteiger partial charge in [-0.1, -0.05) is 0 Å². The van der Waals surface area contributed by atoms with Crippen LogP contribution in [0.15, 0.2) is 16.6 Å². The van der Waals surface area contributed by atoms with Crippen molar-refractivity contribution in [2.75, 3.05) is 19.8 Å². The van der Waals surface area contributed by atoms with Gasteiger partial charge in [-0.25, -0.2) is 4.79 Å². The zero-order chi connectivity index (χ0) is 18.4. The van der Waals surface area contributed by atoms with E-state index in [0.29, 0.717) is 28.1 Å². The van der Waals surface area contributed by atoms with E-state index in [4.69, 9.17) is 19.9 Å². The molecule has 1 amide bonds. The van der Waals surface area contributed by atoms with Gasteiger partial charge in [-0.3, -0.25) is 4.79 Å². The second-order valence-corrected chi connectivity index (χ2v) is 5.55. The minimum absolute atomic E-state index is 0.00883. The molecule has 0 radical (unpaired) electrons. The average molecular weight is 413 g/mol. The summed E-state index contributed by atoms with van der Waals surface area (Å²) in [5.41, 5.74) is 6.13. The van der Waals surface area contributed by atoms with Crippen LogP contribution in [0.1, 0.15) is 24.3 Å². The molecule has 9 nitrogen and oxygen atoms in total. The van der Waals surface area contributed by atoms with E-state index in [1.807, 2.05) is 0 Å². The molecular formula is C15H17BrN4O5. The van der Waals surface area contributed by atoms with Crippen molar-refractivity contribution in [3.8, 4) is 22.8 Å². The summed E-state index contributed by atoms with van der Waals surface area (Å²) in [6.07, 6.45) is 0. The first-order chi connectivity index (χ1) is 12.0. The number of primary amides is 1. The van der Waals surface area contributed by atoms with Crippen molar-refractivity contribution < 1.29 is 23.8 Å². The van der Waals surface area contributed by atoms with Gasteiger partial charge in [0.15, 0.2) is 23.8 Å². The van der Waals surface area contributed by atoms with Gasteiger partial charge >= 0.3 is 5.97 Å². The van der Waals surface area contributed by atoms with Crippen LogP contribution in [0.2, 0.25) is 0 Å². The Morgan fingerprint density at radius 3 is 2.60 bits per heavy atom. The van der Waals surface area contributed by atoms with Gasteiger partial charge in [0.1, 0.15) is 5.69 Å². The largest absolute Gasteiger partial charge is 0.490 e. The summed E-state index contributed by atoms with van der Waals surface area (Å²) in [4.78, 5) is 22.9. The molecule has 25 heavy (non-hydrogen) atoms. The monoisotopic (exact) mass is 412 g/mol. The van der Waals surface area contributed by atoms with Crippen molar-refractivity contribution in [2.24, 2.45) is 5.73 Å². The van der Waals surface area contributed by atoms with E-state index < -0.39 is 11.9 Å². The van der Waals surface area contributed by atoms with Crippen molar-refractivity contribution in [1.82, 2.24) is 15.4 Å². The summed E-state index contributed by atoms with van der Waals surface area (Å²) in [5.74, 6) is -0.494. The van der Waals surface area contributed by atoms with Crippen LogP contribution in [0.3, 0.4) is 0 Å². The van der Waals surface area contributed by atoms with Gasteiger partial charge in [-0.2, -0.15) is 15.4 Å². The van der Waals surface area contributed by atoms with Crippen LogP contribution in [-0.2, 0) is 9.53 Å². The molecule has 0 spiro atoms. The van der Waals surface area contributed by atoms with E-state index in [1.165, 1.54) is 0 Å². The number of rotatable bonds is 8. The standard InChI is InChI=1S/C15H17BrN4O5/c1-3-23-10-6-8(12-13(15(17)22)19-20-18-12)5-9(16)14(10)25-7-11(21)24-4-2/h5-6H,3-4,7H2,1-2H3,(H2,17,22)(H,18,19,20). The second kappa shape index (κ2) is 8.47. The highest BCUT2D eigenvalue weighted by molar-refractivity contribution is 9.10. The zero-order valence-corrected chi connectivity index (χ0v) is 15.3. The molecule has 0 aliphatic carbocycles. The number of hydrogen-bond acceptors (Lipinski definition) is 7. The number of H-pyrrole nitrogens is 1. The Morgan fingerprint density at radius 2 is 1.96 bits per heavy atom. The van der Waals surface area contributed by atoms with E-state index in [0.717, 1.165) is 0 Å². The zero-order valence-electron chi connectivity index (χ0n) is 13.7. The lowest BCUT2D eigenvalue weighted by atomic mass is 10.1. The molecule has 134 valence electrons. The Balaban J connectivity index is 2.38. The molecular weight excluding hydrogens is 396 g/mol. The fourth-order valence-corrected chi connectivity index (χ4v) is 2.60. The van der Waals surface area contributed by atoms with Crippen LogP contribution in [0.4, 0.5) is 0 Å². The molecule has 0 aliphatic heterocycles. The lowest BCUT2D eigenvalue weighted by Crippen LogP contribution is -2.15. The fourth-order valence-electron chi connectivity index (χ4n) is 2.05. The van der Waals surface area contributed by atoms with Crippen molar-refractivity contribution in [1.29, 1.82) is 0 Å². The van der Waals surface area contributed by atoms with Crippen molar-refractivity contribution >= 4 is 27.8 Å². The van der Waals surface area contributed by atoms with Crippen molar-refractivity contribution in [3.05, 3.63) is 22.3 Å². The molecule has 3 N–H and O–H groups in total. The number of nitrogens with one attached hydrogen (secondary N) is 1. The number of nitrogens with zero attached hydrogens (tertiary/aromatic N) is 2. The van der Waals surface area contributed by atoms with Crippen LogP contribution in [0.25, 0.3) is 11.3 Å². The number of esters is 1. The van der Waals surface area contributed by atoms with Crippen LogP contribution in [0.5, 0.6) is 11.5 Å². The molecule has 1 aromatic carbocycles. The Labute approximate surface area is 151 Å². The van der Waals surface area contributed by atoms with E-state index in [9.17, 15) is 9.59 Å². The molecule has 0 saturated heterocycles. The third-order valence-electron chi connectivity index (χ3n) is 3.00. The highest BCUT2D eigenvalue weighted by atomic mass is 79.9. The van der Waals surface area contributed by atoms with E-state index >= 15 is 0 Å². The maximum absolute atomic E-state index is 11.5. The van der Waals surface area contributed by atoms with Crippen LogP contribution in [0, 0.1) is 0 Å². The number of nitrogens with two attached hydrogens (primary N) is 1. The predicted octanol–water partition coefficient (Wildman–Crippen LogP) is 1.67. The Bertz CT molecular complexity index is 777. The third-order valence-corrected chi connectivity index (χ3v) is 3.59. The lowest BCUT2D eigenvalue weighted by Gasteiger charge is -2.14. The van der Waals surface area contributed by atoms with Gasteiger partial charge in [-0.05, 0) is 41.9 Å². The Morgan fingerprint density at radius 1 is 1.20 bits per heavy atom. The lowest BCUT2D eigenvalue weighted by molar-refractivity contribution is -0.145. The molecule has 0 fully saturated rings. The molecule has 0 bridgehead atoms. The summed E-state index contributed by atoms with van der Waals surface area (Å²) < 4.78 is 16.4. The number of aromatic nitrogens is 3. The van der Waals surface area contributed by atoms with Crippen molar-refractivity contribution in [3.63, 3.8) is 0 Å². The van der Waals surface area contributed by atoms with E-state index in [2.05, 4.69) is 31.3 Å². The molecule has 10 heteroatoms. The number of carbonyl (C=O) groups is 2. The number of halogens is 1. The first-order valence-electron chi connectivity index (χ1n) is 7.43. The maximum atomic E-state index is 11.5.